The van der Waals surface area contributed by atoms with Gasteiger partial charge in [0.15, 0.2) is 11.5 Å². The SMILES string of the molecule is CC(C)CC(=O)N1CCN(c2cc(Cl)nc(-n3ccnc3)n2)C(CC(=O)NCCc2ccc3c(c2)OCO3)C1. The van der Waals surface area contributed by atoms with Crippen molar-refractivity contribution < 1.29 is 19.1 Å². The number of rotatable bonds is 9. The quantitative estimate of drug-likeness (QED) is 0.402. The number of piperazine rings is 1. The van der Waals surface area contributed by atoms with Crippen LogP contribution in [-0.2, 0) is 16.0 Å². The smallest absolute Gasteiger partial charge is 0.238 e. The lowest BCUT2D eigenvalue weighted by atomic mass is 10.0. The number of amides is 2. The zero-order chi connectivity index (χ0) is 27.4. The molecule has 4 heterocycles. The lowest BCUT2D eigenvalue weighted by molar-refractivity contribution is -0.133. The van der Waals surface area contributed by atoms with Crippen LogP contribution in [0.1, 0.15) is 32.3 Å². The van der Waals surface area contributed by atoms with Crippen molar-refractivity contribution in [2.24, 2.45) is 5.92 Å². The summed E-state index contributed by atoms with van der Waals surface area (Å²) in [6.45, 7) is 6.24. The van der Waals surface area contributed by atoms with Gasteiger partial charge in [-0.1, -0.05) is 31.5 Å². The van der Waals surface area contributed by atoms with Crippen LogP contribution in [0.15, 0.2) is 43.0 Å². The Labute approximate surface area is 232 Å². The molecule has 2 aromatic heterocycles. The molecule has 1 unspecified atom stereocenters. The number of benzene rings is 1. The lowest BCUT2D eigenvalue weighted by Crippen LogP contribution is -2.56. The third-order valence-electron chi connectivity index (χ3n) is 6.71. The Hall–Kier alpha value is -3.86. The lowest BCUT2D eigenvalue weighted by Gasteiger charge is -2.42. The molecule has 2 aliphatic rings. The van der Waals surface area contributed by atoms with Crippen LogP contribution in [0.25, 0.3) is 5.95 Å². The monoisotopic (exact) mass is 553 g/mol. The number of halogens is 1. The second-order valence-electron chi connectivity index (χ2n) is 10.1. The van der Waals surface area contributed by atoms with Crippen molar-refractivity contribution in [3.63, 3.8) is 0 Å². The van der Waals surface area contributed by atoms with Crippen molar-refractivity contribution in [1.82, 2.24) is 29.7 Å². The fourth-order valence-corrected chi connectivity index (χ4v) is 4.97. The van der Waals surface area contributed by atoms with Gasteiger partial charge in [0.1, 0.15) is 17.3 Å². The summed E-state index contributed by atoms with van der Waals surface area (Å²) in [6, 6.07) is 7.21. The second kappa shape index (κ2) is 11.9. The van der Waals surface area contributed by atoms with Gasteiger partial charge >= 0.3 is 0 Å². The van der Waals surface area contributed by atoms with E-state index in [0.717, 1.165) is 17.1 Å². The van der Waals surface area contributed by atoms with Crippen LogP contribution < -0.4 is 19.7 Å². The summed E-state index contributed by atoms with van der Waals surface area (Å²) in [7, 11) is 0. The average Bonchev–Trinajstić information content (AvgIpc) is 3.60. The Morgan fingerprint density at radius 2 is 2.00 bits per heavy atom. The molecule has 0 spiro atoms. The highest BCUT2D eigenvalue weighted by atomic mass is 35.5. The predicted molar refractivity (Wildman–Crippen MR) is 145 cm³/mol. The topological polar surface area (TPSA) is 115 Å². The number of carbonyl (C=O) groups is 2. The fourth-order valence-electron chi connectivity index (χ4n) is 4.80. The summed E-state index contributed by atoms with van der Waals surface area (Å²) < 4.78 is 12.5. The van der Waals surface area contributed by atoms with Crippen molar-refractivity contribution in [2.75, 3.05) is 37.9 Å². The summed E-state index contributed by atoms with van der Waals surface area (Å²) in [4.78, 5) is 42.9. The molecule has 39 heavy (non-hydrogen) atoms. The van der Waals surface area contributed by atoms with E-state index >= 15 is 0 Å². The highest BCUT2D eigenvalue weighted by Crippen LogP contribution is 2.32. The number of aromatic nitrogens is 4. The molecule has 1 atom stereocenters. The zero-order valence-corrected chi connectivity index (χ0v) is 22.8. The summed E-state index contributed by atoms with van der Waals surface area (Å²) in [6.07, 6.45) is 6.31. The average molecular weight is 554 g/mol. The molecule has 206 valence electrons. The number of anilines is 1. The fraction of sp³-hybridized carbons (Fsp3) is 0.444. The van der Waals surface area contributed by atoms with Crippen LogP contribution in [-0.4, -0.2) is 75.2 Å². The third-order valence-corrected chi connectivity index (χ3v) is 6.90. The van der Waals surface area contributed by atoms with Gasteiger partial charge in [-0.3, -0.25) is 14.2 Å². The number of nitrogens with zero attached hydrogens (tertiary/aromatic N) is 6. The summed E-state index contributed by atoms with van der Waals surface area (Å²) in [5, 5.41) is 3.31. The molecule has 1 N–H and O–H groups in total. The first-order valence-electron chi connectivity index (χ1n) is 13.1. The Balaban J connectivity index is 1.28. The van der Waals surface area contributed by atoms with Gasteiger partial charge in [0, 0.05) is 57.5 Å². The maximum Gasteiger partial charge on any atom is 0.238 e. The molecule has 3 aromatic rings. The molecule has 2 aliphatic heterocycles. The van der Waals surface area contributed by atoms with E-state index in [1.165, 1.54) is 0 Å². The van der Waals surface area contributed by atoms with Crippen molar-refractivity contribution in [2.45, 2.75) is 39.2 Å². The van der Waals surface area contributed by atoms with Gasteiger partial charge in [0.25, 0.3) is 0 Å². The first kappa shape index (κ1) is 26.7. The Bertz CT molecular complexity index is 1320. The molecule has 0 aliphatic carbocycles. The number of hydrogen-bond acceptors (Lipinski definition) is 8. The zero-order valence-electron chi connectivity index (χ0n) is 22.0. The van der Waals surface area contributed by atoms with Gasteiger partial charge in [-0.2, -0.15) is 4.98 Å². The Kier molecular flexibility index (Phi) is 8.16. The molecular formula is C27H32ClN7O4. The Morgan fingerprint density at radius 3 is 2.79 bits per heavy atom. The molecule has 11 nitrogen and oxygen atoms in total. The number of ether oxygens (including phenoxy) is 2. The molecule has 1 fully saturated rings. The molecule has 0 saturated carbocycles. The largest absolute Gasteiger partial charge is 0.454 e. The number of fused-ring (bicyclic) bond motifs is 1. The molecule has 1 saturated heterocycles. The molecular weight excluding hydrogens is 522 g/mol. The van der Waals surface area contributed by atoms with E-state index in [4.69, 9.17) is 26.1 Å². The van der Waals surface area contributed by atoms with Gasteiger partial charge in [0.2, 0.25) is 24.6 Å². The highest BCUT2D eigenvalue weighted by molar-refractivity contribution is 6.29. The molecule has 2 amide bonds. The van der Waals surface area contributed by atoms with Crippen molar-refractivity contribution in [3.05, 3.63) is 53.7 Å². The van der Waals surface area contributed by atoms with Gasteiger partial charge in [-0.25, -0.2) is 9.97 Å². The molecule has 0 bridgehead atoms. The van der Waals surface area contributed by atoms with Crippen molar-refractivity contribution >= 4 is 29.2 Å². The first-order valence-corrected chi connectivity index (χ1v) is 13.5. The van der Waals surface area contributed by atoms with Crippen LogP contribution in [0.3, 0.4) is 0 Å². The maximum atomic E-state index is 13.1. The molecule has 0 radical (unpaired) electrons. The summed E-state index contributed by atoms with van der Waals surface area (Å²) >= 11 is 6.37. The van der Waals surface area contributed by atoms with E-state index in [1.807, 2.05) is 41.8 Å². The van der Waals surface area contributed by atoms with Crippen molar-refractivity contribution in [1.29, 1.82) is 0 Å². The van der Waals surface area contributed by atoms with Gasteiger partial charge < -0.3 is 24.6 Å². The van der Waals surface area contributed by atoms with Crippen molar-refractivity contribution in [3.8, 4) is 17.4 Å². The summed E-state index contributed by atoms with van der Waals surface area (Å²) in [5.74, 6) is 2.70. The minimum absolute atomic E-state index is 0.0951. The van der Waals surface area contributed by atoms with E-state index in [1.54, 1.807) is 29.4 Å². The van der Waals surface area contributed by atoms with Gasteiger partial charge in [0.05, 0.1) is 6.04 Å². The van der Waals surface area contributed by atoms with E-state index in [2.05, 4.69) is 15.3 Å². The first-order chi connectivity index (χ1) is 18.9. The van der Waals surface area contributed by atoms with Crippen LogP contribution >= 0.6 is 11.6 Å². The molecule has 12 heteroatoms. The van der Waals surface area contributed by atoms with Gasteiger partial charge in [-0.05, 0) is 30.0 Å². The van der Waals surface area contributed by atoms with E-state index in [9.17, 15) is 9.59 Å². The molecule has 1 aromatic carbocycles. The van der Waals surface area contributed by atoms with Crippen LogP contribution in [0.4, 0.5) is 5.82 Å². The third kappa shape index (κ3) is 6.59. The number of carbonyl (C=O) groups excluding carboxylic acids is 2. The molecule has 5 rings (SSSR count). The summed E-state index contributed by atoms with van der Waals surface area (Å²) in [5.41, 5.74) is 1.05. The number of nitrogens with one attached hydrogen (secondary N) is 1. The predicted octanol–water partition coefficient (Wildman–Crippen LogP) is 2.86. The van der Waals surface area contributed by atoms with Gasteiger partial charge in [-0.15, -0.1) is 0 Å². The maximum absolute atomic E-state index is 13.1. The standard InChI is InChI=1S/C27H32ClN7O4/c1-18(2)11-26(37)33-9-10-35(24-14-23(28)31-27(32-24)34-8-7-29-16-34)20(15-33)13-25(36)30-6-5-19-3-4-21-22(12-19)39-17-38-21/h3-4,7-8,12,14,16,18,20H,5-6,9-11,13,15,17H2,1-2H3,(H,30,36). The van der Waals surface area contributed by atoms with E-state index < -0.39 is 0 Å². The van der Waals surface area contributed by atoms with Crippen LogP contribution in [0.5, 0.6) is 11.5 Å². The number of hydrogen-bond donors (Lipinski definition) is 1. The van der Waals surface area contributed by atoms with Crippen LogP contribution in [0, 0.1) is 5.92 Å². The normalized spacial score (nSPS) is 16.6. The minimum Gasteiger partial charge on any atom is -0.454 e. The van der Waals surface area contributed by atoms with E-state index in [-0.39, 0.29) is 42.1 Å². The Morgan fingerprint density at radius 1 is 1.15 bits per heavy atom. The second-order valence-corrected chi connectivity index (χ2v) is 10.5. The minimum atomic E-state index is -0.276. The van der Waals surface area contributed by atoms with Crippen LogP contribution in [0.2, 0.25) is 5.15 Å². The highest BCUT2D eigenvalue weighted by Gasteiger charge is 2.32. The van der Waals surface area contributed by atoms with E-state index in [0.29, 0.717) is 50.8 Å². The number of imidazole rings is 1.